The number of benzene rings is 1. The van der Waals surface area contributed by atoms with E-state index in [4.69, 9.17) is 20.8 Å². The van der Waals surface area contributed by atoms with Crippen molar-refractivity contribution in [3.63, 3.8) is 0 Å². The van der Waals surface area contributed by atoms with Crippen LogP contribution in [0.4, 0.5) is 0 Å². The molecule has 0 N–H and O–H groups in total. The predicted octanol–water partition coefficient (Wildman–Crippen LogP) is 3.20. The number of aromatic nitrogens is 4. The molecule has 3 aromatic rings. The number of halogens is 1. The highest BCUT2D eigenvalue weighted by atomic mass is 35.5. The fourth-order valence-electron chi connectivity index (χ4n) is 2.49. The first-order chi connectivity index (χ1) is 10.7. The first-order valence-corrected chi connectivity index (χ1v) is 8.25. The standard InChI is InChI=1S/C14H13ClN4O2S/c1-8-4-9(15)5-10-13(8)21-14(16-10)22-7-12-18-17-11-6-20-3-2-19(11)12/h4-5H,2-3,6-7H2,1H3. The van der Waals surface area contributed by atoms with Crippen LogP contribution in [-0.4, -0.2) is 26.4 Å². The van der Waals surface area contributed by atoms with Crippen LogP contribution in [0.15, 0.2) is 21.8 Å². The van der Waals surface area contributed by atoms with Gasteiger partial charge in [0.15, 0.2) is 11.4 Å². The summed E-state index contributed by atoms with van der Waals surface area (Å²) in [4.78, 5) is 4.48. The summed E-state index contributed by atoms with van der Waals surface area (Å²) in [5.74, 6) is 2.45. The summed E-state index contributed by atoms with van der Waals surface area (Å²) in [5.41, 5.74) is 2.55. The van der Waals surface area contributed by atoms with Crippen LogP contribution in [0.1, 0.15) is 17.2 Å². The molecular weight excluding hydrogens is 324 g/mol. The molecular formula is C14H13ClN4O2S. The molecule has 0 radical (unpaired) electrons. The van der Waals surface area contributed by atoms with Crippen molar-refractivity contribution in [1.29, 1.82) is 0 Å². The molecule has 0 aliphatic carbocycles. The molecule has 0 atom stereocenters. The van der Waals surface area contributed by atoms with Crippen molar-refractivity contribution in [2.45, 2.75) is 31.1 Å². The van der Waals surface area contributed by atoms with E-state index in [1.165, 1.54) is 11.8 Å². The molecule has 6 nitrogen and oxygen atoms in total. The second-order valence-corrected chi connectivity index (χ2v) is 6.44. The average Bonchev–Trinajstić information content (AvgIpc) is 3.09. The van der Waals surface area contributed by atoms with Crippen molar-refractivity contribution in [1.82, 2.24) is 19.7 Å². The number of hydrogen-bond donors (Lipinski definition) is 0. The highest BCUT2D eigenvalue weighted by Crippen LogP contribution is 2.30. The molecule has 8 heteroatoms. The Hall–Kier alpha value is -1.57. The average molecular weight is 337 g/mol. The molecule has 4 rings (SSSR count). The van der Waals surface area contributed by atoms with Crippen molar-refractivity contribution in [3.05, 3.63) is 34.4 Å². The Morgan fingerprint density at radius 3 is 3.18 bits per heavy atom. The number of fused-ring (bicyclic) bond motifs is 2. The lowest BCUT2D eigenvalue weighted by atomic mass is 10.2. The van der Waals surface area contributed by atoms with Gasteiger partial charge in [0.25, 0.3) is 5.22 Å². The Morgan fingerprint density at radius 1 is 1.36 bits per heavy atom. The maximum atomic E-state index is 6.05. The van der Waals surface area contributed by atoms with Gasteiger partial charge in [-0.2, -0.15) is 0 Å². The smallest absolute Gasteiger partial charge is 0.257 e. The van der Waals surface area contributed by atoms with Gasteiger partial charge in [-0.3, -0.25) is 0 Å². The van der Waals surface area contributed by atoms with Crippen LogP contribution >= 0.6 is 23.4 Å². The van der Waals surface area contributed by atoms with Crippen molar-refractivity contribution in [2.24, 2.45) is 0 Å². The lowest BCUT2D eigenvalue weighted by Crippen LogP contribution is -2.18. The quantitative estimate of drug-likeness (QED) is 0.684. The van der Waals surface area contributed by atoms with Gasteiger partial charge >= 0.3 is 0 Å². The zero-order valence-corrected chi connectivity index (χ0v) is 13.4. The fraction of sp³-hybridized carbons (Fsp3) is 0.357. The van der Waals surface area contributed by atoms with Crippen molar-refractivity contribution in [2.75, 3.05) is 6.61 Å². The predicted molar refractivity (Wildman–Crippen MR) is 83.0 cm³/mol. The molecule has 0 saturated heterocycles. The zero-order chi connectivity index (χ0) is 15.1. The molecule has 0 spiro atoms. The third-order valence-corrected chi connectivity index (χ3v) is 4.58. The summed E-state index contributed by atoms with van der Waals surface area (Å²) in [7, 11) is 0. The minimum absolute atomic E-state index is 0.526. The number of thioether (sulfide) groups is 1. The zero-order valence-electron chi connectivity index (χ0n) is 11.9. The topological polar surface area (TPSA) is 66.0 Å². The van der Waals surface area contributed by atoms with Gasteiger partial charge in [0.2, 0.25) is 0 Å². The number of oxazole rings is 1. The van der Waals surface area contributed by atoms with Gasteiger partial charge < -0.3 is 13.7 Å². The lowest BCUT2D eigenvalue weighted by molar-refractivity contribution is 0.0808. The molecule has 0 amide bonds. The molecule has 0 fully saturated rings. The summed E-state index contributed by atoms with van der Waals surface area (Å²) >= 11 is 7.56. The summed E-state index contributed by atoms with van der Waals surface area (Å²) < 4.78 is 13.3. The normalized spacial score (nSPS) is 14.5. The molecule has 114 valence electrons. The van der Waals surface area contributed by atoms with Crippen LogP contribution in [0.5, 0.6) is 0 Å². The van der Waals surface area contributed by atoms with Crippen LogP contribution in [0.25, 0.3) is 11.1 Å². The minimum atomic E-state index is 0.526. The van der Waals surface area contributed by atoms with Crippen LogP contribution < -0.4 is 0 Å². The Bertz CT molecular complexity index is 845. The van der Waals surface area contributed by atoms with E-state index in [1.54, 1.807) is 0 Å². The largest absolute Gasteiger partial charge is 0.431 e. The van der Waals surface area contributed by atoms with Crippen LogP contribution in [0, 0.1) is 6.92 Å². The van der Waals surface area contributed by atoms with Crippen LogP contribution in [0.2, 0.25) is 5.02 Å². The van der Waals surface area contributed by atoms with E-state index in [1.807, 2.05) is 19.1 Å². The second kappa shape index (κ2) is 5.57. The van der Waals surface area contributed by atoms with Crippen LogP contribution in [-0.2, 0) is 23.6 Å². The second-order valence-electron chi connectivity index (χ2n) is 5.08. The molecule has 0 unspecified atom stereocenters. The van der Waals surface area contributed by atoms with Gasteiger partial charge in [0.05, 0.1) is 12.4 Å². The van der Waals surface area contributed by atoms with Crippen molar-refractivity contribution in [3.8, 4) is 0 Å². The molecule has 1 aliphatic heterocycles. The Balaban J connectivity index is 1.57. The number of nitrogens with zero attached hydrogens (tertiary/aromatic N) is 4. The number of hydrogen-bond acceptors (Lipinski definition) is 6. The molecule has 22 heavy (non-hydrogen) atoms. The molecule has 2 aromatic heterocycles. The van der Waals surface area contributed by atoms with Crippen LogP contribution in [0.3, 0.4) is 0 Å². The van der Waals surface area contributed by atoms with Gasteiger partial charge in [-0.25, -0.2) is 4.98 Å². The minimum Gasteiger partial charge on any atom is -0.431 e. The van der Waals surface area contributed by atoms with Crippen molar-refractivity contribution < 1.29 is 9.15 Å². The lowest BCUT2D eigenvalue weighted by Gasteiger charge is -2.14. The van der Waals surface area contributed by atoms with E-state index < -0.39 is 0 Å². The third kappa shape index (κ3) is 2.49. The molecule has 0 saturated carbocycles. The van der Waals surface area contributed by atoms with Gasteiger partial charge in [0, 0.05) is 11.6 Å². The third-order valence-electron chi connectivity index (χ3n) is 3.54. The highest BCUT2D eigenvalue weighted by molar-refractivity contribution is 7.98. The molecule has 0 bridgehead atoms. The Morgan fingerprint density at radius 2 is 2.27 bits per heavy atom. The monoisotopic (exact) mass is 336 g/mol. The number of ether oxygens (including phenoxy) is 1. The van der Waals surface area contributed by atoms with E-state index in [0.717, 1.165) is 34.9 Å². The van der Waals surface area contributed by atoms with Gasteiger partial charge in [-0.15, -0.1) is 10.2 Å². The van der Waals surface area contributed by atoms with E-state index in [-0.39, 0.29) is 0 Å². The van der Waals surface area contributed by atoms with Crippen molar-refractivity contribution >= 4 is 34.5 Å². The Labute approximate surface area is 135 Å². The highest BCUT2D eigenvalue weighted by Gasteiger charge is 2.17. The summed E-state index contributed by atoms with van der Waals surface area (Å²) in [5, 5.41) is 9.65. The molecule has 1 aromatic carbocycles. The Kier molecular flexibility index (Phi) is 3.56. The summed E-state index contributed by atoms with van der Waals surface area (Å²) in [6.45, 7) is 3.98. The van der Waals surface area contributed by atoms with E-state index in [0.29, 0.717) is 29.2 Å². The summed E-state index contributed by atoms with van der Waals surface area (Å²) in [6, 6.07) is 3.69. The van der Waals surface area contributed by atoms with E-state index in [9.17, 15) is 0 Å². The molecule has 1 aliphatic rings. The SMILES string of the molecule is Cc1cc(Cl)cc2nc(SCc3nnc4n3CCOC4)oc12. The number of rotatable bonds is 3. The van der Waals surface area contributed by atoms with Gasteiger partial charge in [-0.05, 0) is 24.6 Å². The van der Waals surface area contributed by atoms with Gasteiger partial charge in [0.1, 0.15) is 17.9 Å². The maximum absolute atomic E-state index is 6.05. The molecule has 3 heterocycles. The summed E-state index contributed by atoms with van der Waals surface area (Å²) in [6.07, 6.45) is 0. The fourth-order valence-corrected chi connectivity index (χ4v) is 3.53. The number of aryl methyl sites for hydroxylation is 1. The van der Waals surface area contributed by atoms with Gasteiger partial charge in [-0.1, -0.05) is 23.4 Å². The maximum Gasteiger partial charge on any atom is 0.257 e. The van der Waals surface area contributed by atoms with E-state index >= 15 is 0 Å². The first-order valence-electron chi connectivity index (χ1n) is 6.89. The van der Waals surface area contributed by atoms with E-state index in [2.05, 4.69) is 19.7 Å². The first kappa shape index (κ1) is 14.0.